The minimum absolute atomic E-state index is 0.238. The van der Waals surface area contributed by atoms with Gasteiger partial charge in [-0.2, -0.15) is 0 Å². The molecule has 168 valence electrons. The molecule has 0 aliphatic heterocycles. The number of aromatic nitrogens is 1. The highest BCUT2D eigenvalue weighted by molar-refractivity contribution is 6.18. The van der Waals surface area contributed by atoms with Gasteiger partial charge in [0, 0.05) is 16.8 Å². The number of aryl methyl sites for hydroxylation is 2. The Balaban J connectivity index is 1.93. The van der Waals surface area contributed by atoms with E-state index in [-0.39, 0.29) is 11.2 Å². The normalized spacial score (nSPS) is 11.8. The summed E-state index contributed by atoms with van der Waals surface area (Å²) in [5.74, 6) is -0.238. The van der Waals surface area contributed by atoms with Gasteiger partial charge in [-0.05, 0) is 35.1 Å². The number of furan rings is 1. The van der Waals surface area contributed by atoms with Crippen molar-refractivity contribution in [2.24, 2.45) is 7.05 Å². The van der Waals surface area contributed by atoms with Gasteiger partial charge in [0.05, 0.1) is 17.7 Å². The number of para-hydroxylation sites is 1. The van der Waals surface area contributed by atoms with Crippen molar-refractivity contribution in [2.45, 2.75) is 33.1 Å². The van der Waals surface area contributed by atoms with Crippen LogP contribution in [0.1, 0.15) is 31.9 Å². The SMILES string of the molecule is [C-]#[N+]c1cccc2c1oc1c(-c3cc(F)c(C(C)(C)C)c[n+]3C)c(C)cc(-c3ccccc3)c12. The number of hydrogen-bond donors (Lipinski definition) is 0. The van der Waals surface area contributed by atoms with Gasteiger partial charge in [-0.25, -0.2) is 13.8 Å². The van der Waals surface area contributed by atoms with Crippen LogP contribution in [0.3, 0.4) is 0 Å². The van der Waals surface area contributed by atoms with E-state index in [1.807, 2.05) is 75.8 Å². The van der Waals surface area contributed by atoms with Crippen LogP contribution in [0.4, 0.5) is 10.1 Å². The Hall–Kier alpha value is -3.97. The van der Waals surface area contributed by atoms with Gasteiger partial charge in [-0.15, -0.1) is 0 Å². The molecule has 0 unspecified atom stereocenters. The van der Waals surface area contributed by atoms with Crippen LogP contribution in [0, 0.1) is 19.3 Å². The van der Waals surface area contributed by atoms with Crippen LogP contribution in [0.15, 0.2) is 71.3 Å². The molecule has 5 aromatic rings. The zero-order valence-electron chi connectivity index (χ0n) is 20.0. The first-order valence-electron chi connectivity index (χ1n) is 11.3. The summed E-state index contributed by atoms with van der Waals surface area (Å²) >= 11 is 0. The molecule has 0 N–H and O–H groups in total. The molecule has 34 heavy (non-hydrogen) atoms. The Morgan fingerprint density at radius 3 is 2.38 bits per heavy atom. The second kappa shape index (κ2) is 7.81. The van der Waals surface area contributed by atoms with Gasteiger partial charge in [0.1, 0.15) is 24.0 Å². The lowest BCUT2D eigenvalue weighted by Crippen LogP contribution is -2.34. The third-order valence-corrected chi connectivity index (χ3v) is 6.44. The maximum absolute atomic E-state index is 15.3. The maximum atomic E-state index is 15.3. The Kier molecular flexibility index (Phi) is 5.02. The summed E-state index contributed by atoms with van der Waals surface area (Å²) in [5.41, 5.74) is 6.70. The highest BCUT2D eigenvalue weighted by atomic mass is 19.1. The van der Waals surface area contributed by atoms with E-state index < -0.39 is 0 Å². The van der Waals surface area contributed by atoms with Crippen LogP contribution < -0.4 is 4.57 Å². The summed E-state index contributed by atoms with van der Waals surface area (Å²) in [4.78, 5) is 3.68. The first kappa shape index (κ1) is 21.9. The summed E-state index contributed by atoms with van der Waals surface area (Å²) in [6, 6.07) is 19.6. The number of rotatable bonds is 2. The predicted octanol–water partition coefficient (Wildman–Crippen LogP) is 8.04. The second-order valence-electron chi connectivity index (χ2n) is 9.84. The van der Waals surface area contributed by atoms with Gasteiger partial charge in [-0.3, -0.25) is 0 Å². The highest BCUT2D eigenvalue weighted by Crippen LogP contribution is 2.45. The van der Waals surface area contributed by atoms with E-state index in [1.54, 1.807) is 12.1 Å². The molecule has 0 amide bonds. The number of nitrogens with zero attached hydrogens (tertiary/aromatic N) is 2. The zero-order valence-corrected chi connectivity index (χ0v) is 20.0. The van der Waals surface area contributed by atoms with Crippen LogP contribution in [0.2, 0.25) is 0 Å². The molecule has 3 aromatic carbocycles. The first-order chi connectivity index (χ1) is 16.2. The summed E-state index contributed by atoms with van der Waals surface area (Å²) < 4.78 is 23.7. The Morgan fingerprint density at radius 2 is 1.71 bits per heavy atom. The molecular formula is C30H26FN2O+. The average molecular weight is 450 g/mol. The minimum Gasteiger partial charge on any atom is -0.466 e. The van der Waals surface area contributed by atoms with E-state index in [0.29, 0.717) is 22.4 Å². The summed E-state index contributed by atoms with van der Waals surface area (Å²) in [7, 11) is 1.94. The number of pyridine rings is 1. The molecule has 2 heterocycles. The number of hydrogen-bond acceptors (Lipinski definition) is 1. The minimum atomic E-state index is -0.314. The summed E-state index contributed by atoms with van der Waals surface area (Å²) in [5, 5.41) is 1.82. The first-order valence-corrected chi connectivity index (χ1v) is 11.3. The molecule has 5 rings (SSSR count). The van der Waals surface area contributed by atoms with Gasteiger partial charge < -0.3 is 4.42 Å². The lowest BCUT2D eigenvalue weighted by Gasteiger charge is -2.19. The monoisotopic (exact) mass is 449 g/mol. The van der Waals surface area contributed by atoms with Crippen molar-refractivity contribution in [3.8, 4) is 22.4 Å². The van der Waals surface area contributed by atoms with Crippen molar-refractivity contribution < 1.29 is 13.4 Å². The van der Waals surface area contributed by atoms with Gasteiger partial charge >= 0.3 is 0 Å². The molecule has 2 aromatic heterocycles. The third kappa shape index (κ3) is 3.36. The standard InChI is InChI=1S/C30H26FN2O/c1-18-15-21(19-11-8-7-9-12-19)27-20-13-10-14-24(32-5)28(20)34-29(27)26(18)25-16-23(31)22(17-33(25)6)30(2,3)4/h7-17H,1-4,6H3/q+1. The Bertz CT molecular complexity index is 1620. The van der Waals surface area contributed by atoms with E-state index in [9.17, 15) is 0 Å². The zero-order chi connectivity index (χ0) is 24.2. The van der Waals surface area contributed by atoms with Crippen LogP contribution >= 0.6 is 0 Å². The molecule has 0 aliphatic rings. The van der Waals surface area contributed by atoms with Crippen LogP contribution in [-0.4, -0.2) is 0 Å². The molecular weight excluding hydrogens is 423 g/mol. The molecule has 0 saturated heterocycles. The molecule has 4 heteroatoms. The fourth-order valence-electron chi connectivity index (χ4n) is 4.76. The van der Waals surface area contributed by atoms with Gasteiger partial charge in [-0.1, -0.05) is 69.3 Å². The van der Waals surface area contributed by atoms with Crippen molar-refractivity contribution in [3.63, 3.8) is 0 Å². The molecule has 0 radical (unpaired) electrons. The molecule has 0 aliphatic carbocycles. The van der Waals surface area contributed by atoms with E-state index in [4.69, 9.17) is 11.0 Å². The van der Waals surface area contributed by atoms with Gasteiger partial charge in [0.2, 0.25) is 11.4 Å². The van der Waals surface area contributed by atoms with Gasteiger partial charge in [0.15, 0.2) is 6.20 Å². The number of fused-ring (bicyclic) bond motifs is 3. The lowest BCUT2D eigenvalue weighted by atomic mass is 9.87. The average Bonchev–Trinajstić information content (AvgIpc) is 3.19. The molecule has 3 nitrogen and oxygen atoms in total. The lowest BCUT2D eigenvalue weighted by molar-refractivity contribution is -0.661. The van der Waals surface area contributed by atoms with Crippen molar-refractivity contribution in [3.05, 3.63) is 95.2 Å². The molecule has 0 atom stereocenters. The largest absolute Gasteiger partial charge is 0.466 e. The van der Waals surface area contributed by atoms with Crippen LogP contribution in [0.25, 0.3) is 49.2 Å². The van der Waals surface area contributed by atoms with E-state index >= 15 is 4.39 Å². The van der Waals surface area contributed by atoms with Crippen LogP contribution in [-0.2, 0) is 12.5 Å². The van der Waals surface area contributed by atoms with Gasteiger partial charge in [0.25, 0.3) is 0 Å². The van der Waals surface area contributed by atoms with Crippen molar-refractivity contribution in [1.82, 2.24) is 0 Å². The third-order valence-electron chi connectivity index (χ3n) is 6.44. The van der Waals surface area contributed by atoms with Crippen LogP contribution in [0.5, 0.6) is 0 Å². The molecule has 0 bridgehead atoms. The van der Waals surface area contributed by atoms with Crippen molar-refractivity contribution in [1.29, 1.82) is 0 Å². The van der Waals surface area contributed by atoms with E-state index in [1.165, 1.54) is 0 Å². The number of halogens is 1. The topological polar surface area (TPSA) is 21.4 Å². The second-order valence-corrected chi connectivity index (χ2v) is 9.84. The van der Waals surface area contributed by atoms with E-state index in [0.717, 1.165) is 38.7 Å². The highest BCUT2D eigenvalue weighted by Gasteiger charge is 2.28. The van der Waals surface area contributed by atoms with Crippen molar-refractivity contribution >= 4 is 27.6 Å². The molecule has 0 fully saturated rings. The molecule has 0 spiro atoms. The smallest absolute Gasteiger partial charge is 0.229 e. The predicted molar refractivity (Wildman–Crippen MR) is 135 cm³/mol. The van der Waals surface area contributed by atoms with E-state index in [2.05, 4.69) is 23.0 Å². The fourth-order valence-corrected chi connectivity index (χ4v) is 4.76. The summed E-state index contributed by atoms with van der Waals surface area (Å²) in [6.07, 6.45) is 1.87. The Morgan fingerprint density at radius 1 is 0.971 bits per heavy atom. The molecule has 0 saturated carbocycles. The fraction of sp³-hybridized carbons (Fsp3) is 0.200. The Labute approximate surface area is 198 Å². The van der Waals surface area contributed by atoms with Crippen molar-refractivity contribution in [2.75, 3.05) is 0 Å². The number of benzene rings is 3. The maximum Gasteiger partial charge on any atom is 0.229 e. The summed E-state index contributed by atoms with van der Waals surface area (Å²) in [6.45, 7) is 15.7. The quantitative estimate of drug-likeness (QED) is 0.197.